The van der Waals surface area contributed by atoms with Crippen molar-refractivity contribution >= 4 is 0 Å². The van der Waals surface area contributed by atoms with E-state index in [0.717, 1.165) is 12.8 Å². The predicted molar refractivity (Wildman–Crippen MR) is 84.6 cm³/mol. The fraction of sp³-hybridized carbons (Fsp3) is 0.333. The summed E-state index contributed by atoms with van der Waals surface area (Å²) in [5.41, 5.74) is 0. The maximum Gasteiger partial charge on any atom is 4.00 e. The van der Waals surface area contributed by atoms with Gasteiger partial charge < -0.3 is 13.8 Å². The molecule has 0 saturated heterocycles. The molecular weight excluding hydrogens is 264 g/mol. The Labute approximate surface area is 135 Å². The van der Waals surface area contributed by atoms with Crippen LogP contribution in [0.5, 0.6) is 0 Å². The van der Waals surface area contributed by atoms with E-state index in [1.54, 1.807) is 0 Å². The van der Waals surface area contributed by atoms with Crippen LogP contribution in [-0.4, -0.2) is 0 Å². The Hall–Kier alpha value is -0.586. The van der Waals surface area contributed by atoms with Gasteiger partial charge in [0.1, 0.15) is 0 Å². The van der Waals surface area contributed by atoms with Crippen molar-refractivity contribution in [3.05, 3.63) is 74.5 Å². The minimum Gasteiger partial charge on any atom is -0.343 e. The largest absolute Gasteiger partial charge is 4.00 e. The Morgan fingerprint density at radius 2 is 0.895 bits per heavy atom. The maximum absolute atomic E-state index is 3.60. The van der Waals surface area contributed by atoms with Gasteiger partial charge in [0.15, 0.2) is 0 Å². The molecule has 0 nitrogen and oxygen atoms in total. The third kappa shape index (κ3) is 31.8. The molecule has 0 aliphatic rings. The monoisotopic (exact) mass is 292 g/mol. The van der Waals surface area contributed by atoms with Gasteiger partial charge in [-0.2, -0.15) is 49.2 Å². The SMILES string of the molecule is [CH2-]CCC.[CH2-]CCC.[Ti+4].c1cc[cH-]c1.c1cc[cH-]c1. The van der Waals surface area contributed by atoms with Crippen molar-refractivity contribution in [2.24, 2.45) is 0 Å². The van der Waals surface area contributed by atoms with Gasteiger partial charge in [-0.1, -0.05) is 26.7 Å². The zero-order chi connectivity index (χ0) is 13.9. The van der Waals surface area contributed by atoms with Gasteiger partial charge in [-0.15, -0.1) is 0 Å². The van der Waals surface area contributed by atoms with Crippen LogP contribution in [0.25, 0.3) is 0 Å². The van der Waals surface area contributed by atoms with Crippen molar-refractivity contribution in [3.63, 3.8) is 0 Å². The van der Waals surface area contributed by atoms with Crippen molar-refractivity contribution in [2.75, 3.05) is 0 Å². The van der Waals surface area contributed by atoms with Crippen LogP contribution < -0.4 is 0 Å². The molecule has 0 bridgehead atoms. The molecule has 0 heterocycles. The summed E-state index contributed by atoms with van der Waals surface area (Å²) in [6.07, 6.45) is 4.56. The van der Waals surface area contributed by atoms with Gasteiger partial charge in [-0.25, -0.2) is 24.3 Å². The normalized spacial score (nSPS) is 7.37. The molecule has 0 aromatic heterocycles. The summed E-state index contributed by atoms with van der Waals surface area (Å²) in [6, 6.07) is 20.0. The van der Waals surface area contributed by atoms with E-state index in [9.17, 15) is 0 Å². The van der Waals surface area contributed by atoms with Crippen LogP contribution in [0.4, 0.5) is 0 Å². The topological polar surface area (TPSA) is 0 Å². The average molecular weight is 292 g/mol. The summed E-state index contributed by atoms with van der Waals surface area (Å²) in [7, 11) is 0. The van der Waals surface area contributed by atoms with Gasteiger partial charge in [0, 0.05) is 0 Å². The summed E-state index contributed by atoms with van der Waals surface area (Å²) in [5, 5.41) is 0. The first-order valence-electron chi connectivity index (χ1n) is 6.75. The van der Waals surface area contributed by atoms with Crippen LogP contribution in [-0.2, 0) is 21.7 Å². The zero-order valence-electron chi connectivity index (χ0n) is 12.5. The molecule has 0 spiro atoms. The first kappa shape index (κ1) is 23.5. The fourth-order valence-electron chi connectivity index (χ4n) is 0.642. The molecule has 0 aliphatic carbocycles. The van der Waals surface area contributed by atoms with Gasteiger partial charge in [-0.3, -0.25) is 0 Å². The molecule has 0 saturated carbocycles. The second-order valence-corrected chi connectivity index (χ2v) is 3.63. The molecule has 1 heteroatoms. The molecule has 0 radical (unpaired) electrons. The summed E-state index contributed by atoms with van der Waals surface area (Å²) >= 11 is 0. The molecule has 0 unspecified atom stereocenters. The molecular formula is C18H28Ti. The van der Waals surface area contributed by atoms with Gasteiger partial charge in [0.2, 0.25) is 0 Å². The van der Waals surface area contributed by atoms with Gasteiger partial charge in [-0.05, 0) is 0 Å². The third-order valence-electron chi connectivity index (χ3n) is 1.82. The smallest absolute Gasteiger partial charge is 0.343 e. The fourth-order valence-corrected chi connectivity index (χ4v) is 0.642. The van der Waals surface area contributed by atoms with E-state index >= 15 is 0 Å². The van der Waals surface area contributed by atoms with E-state index in [0.29, 0.717) is 0 Å². The van der Waals surface area contributed by atoms with E-state index < -0.39 is 0 Å². The second-order valence-electron chi connectivity index (χ2n) is 3.63. The predicted octanol–water partition coefficient (Wildman–Crippen LogP) is 6.05. The Morgan fingerprint density at radius 3 is 0.947 bits per heavy atom. The van der Waals surface area contributed by atoms with Crippen molar-refractivity contribution < 1.29 is 21.7 Å². The Morgan fingerprint density at radius 1 is 0.684 bits per heavy atom. The van der Waals surface area contributed by atoms with Crippen molar-refractivity contribution in [2.45, 2.75) is 39.5 Å². The van der Waals surface area contributed by atoms with Crippen LogP contribution in [0.3, 0.4) is 0 Å². The minimum absolute atomic E-state index is 0. The van der Waals surface area contributed by atoms with Crippen LogP contribution >= 0.6 is 0 Å². The van der Waals surface area contributed by atoms with Gasteiger partial charge >= 0.3 is 21.7 Å². The molecule has 2 aromatic rings. The molecule has 0 fully saturated rings. The standard InChI is InChI=1S/2C5H5.2C4H9.Ti/c2*1-2-4-5-3-1;2*1-3-4-2;/h2*1-5H;2*1,3-4H2,2H3;/q4*-1;+4. The average Bonchev–Trinajstić information content (AvgIpc) is 3.14. The van der Waals surface area contributed by atoms with Crippen LogP contribution in [0.15, 0.2) is 60.7 Å². The first-order chi connectivity index (χ1) is 8.83. The summed E-state index contributed by atoms with van der Waals surface area (Å²) in [5.74, 6) is 0. The molecule has 104 valence electrons. The Bertz CT molecular complexity index is 187. The van der Waals surface area contributed by atoms with Crippen LogP contribution in [0, 0.1) is 13.8 Å². The summed E-state index contributed by atoms with van der Waals surface area (Å²) in [4.78, 5) is 0. The Balaban J connectivity index is -0.000000178. The summed E-state index contributed by atoms with van der Waals surface area (Å²) < 4.78 is 0. The van der Waals surface area contributed by atoms with Crippen LogP contribution in [0.1, 0.15) is 39.5 Å². The van der Waals surface area contributed by atoms with Crippen molar-refractivity contribution in [1.82, 2.24) is 0 Å². The first-order valence-corrected chi connectivity index (χ1v) is 6.75. The van der Waals surface area contributed by atoms with Crippen LogP contribution in [0.2, 0.25) is 0 Å². The maximum atomic E-state index is 3.60. The quantitative estimate of drug-likeness (QED) is 0.467. The van der Waals surface area contributed by atoms with E-state index in [4.69, 9.17) is 0 Å². The molecule has 0 atom stereocenters. The minimum atomic E-state index is 0. The second kappa shape index (κ2) is 26.1. The van der Waals surface area contributed by atoms with Gasteiger partial charge in [0.25, 0.3) is 0 Å². The molecule has 0 amide bonds. The number of hydrogen-bond acceptors (Lipinski definition) is 0. The number of hydrogen-bond donors (Lipinski definition) is 0. The molecule has 2 rings (SSSR count). The van der Waals surface area contributed by atoms with E-state index in [2.05, 4.69) is 27.7 Å². The Kier molecular flexibility index (Phi) is 32.3. The van der Waals surface area contributed by atoms with E-state index in [1.165, 1.54) is 12.8 Å². The zero-order valence-corrected chi connectivity index (χ0v) is 14.1. The van der Waals surface area contributed by atoms with E-state index in [1.807, 2.05) is 60.7 Å². The van der Waals surface area contributed by atoms with Crippen molar-refractivity contribution in [3.8, 4) is 0 Å². The summed E-state index contributed by atoms with van der Waals surface area (Å²) in [6.45, 7) is 11.4. The third-order valence-corrected chi connectivity index (χ3v) is 1.82. The number of unbranched alkanes of at least 4 members (excludes halogenated alkanes) is 2. The van der Waals surface area contributed by atoms with Gasteiger partial charge in [0.05, 0.1) is 0 Å². The van der Waals surface area contributed by atoms with E-state index in [-0.39, 0.29) is 21.7 Å². The number of rotatable bonds is 2. The molecule has 0 aliphatic heterocycles. The molecule has 19 heavy (non-hydrogen) atoms. The van der Waals surface area contributed by atoms with Crippen molar-refractivity contribution in [1.29, 1.82) is 0 Å². The molecule has 0 N–H and O–H groups in total. The molecule has 2 aromatic carbocycles.